The van der Waals surface area contributed by atoms with Crippen LogP contribution in [-0.2, 0) is 6.42 Å². The highest BCUT2D eigenvalue weighted by atomic mass is 32.1. The van der Waals surface area contributed by atoms with Gasteiger partial charge in [-0.25, -0.2) is 4.98 Å². The molecule has 2 N–H and O–H groups in total. The highest BCUT2D eigenvalue weighted by molar-refractivity contribution is 7.71. The Kier molecular flexibility index (Phi) is 2.05. The van der Waals surface area contributed by atoms with Crippen LogP contribution in [0.1, 0.15) is 10.7 Å². The molecule has 2 aromatic heterocycles. The van der Waals surface area contributed by atoms with Gasteiger partial charge in [0, 0.05) is 11.3 Å². The van der Waals surface area contributed by atoms with Crippen LogP contribution in [0.15, 0.2) is 17.5 Å². The summed E-state index contributed by atoms with van der Waals surface area (Å²) in [6.45, 7) is 0. The van der Waals surface area contributed by atoms with Crippen LogP contribution < -0.4 is 0 Å². The van der Waals surface area contributed by atoms with Crippen LogP contribution >= 0.6 is 23.6 Å². The number of nitrogens with one attached hydrogen (secondary N) is 2. The van der Waals surface area contributed by atoms with Crippen molar-refractivity contribution in [2.24, 2.45) is 0 Å². The van der Waals surface area contributed by atoms with Crippen molar-refractivity contribution in [2.75, 3.05) is 0 Å². The second kappa shape index (κ2) is 3.20. The number of aromatic amines is 2. The van der Waals surface area contributed by atoms with Gasteiger partial charge < -0.3 is 0 Å². The maximum absolute atomic E-state index is 4.83. The average Bonchev–Trinajstić information content (AvgIpc) is 2.63. The molecule has 0 saturated heterocycles. The zero-order valence-corrected chi connectivity index (χ0v) is 7.84. The number of hydrogen-bond donors (Lipinski definition) is 2. The Morgan fingerprint density at radius 3 is 3.00 bits per heavy atom. The summed E-state index contributed by atoms with van der Waals surface area (Å²) in [6, 6.07) is 4.11. The summed E-state index contributed by atoms with van der Waals surface area (Å²) in [7, 11) is 0. The molecule has 5 heteroatoms. The first-order valence-corrected chi connectivity index (χ1v) is 4.79. The third-order valence-corrected chi connectivity index (χ3v) is 2.54. The van der Waals surface area contributed by atoms with Gasteiger partial charge in [-0.2, -0.15) is 0 Å². The van der Waals surface area contributed by atoms with Gasteiger partial charge in [-0.05, 0) is 23.7 Å². The zero-order chi connectivity index (χ0) is 8.39. The minimum atomic E-state index is 0.515. The fraction of sp³-hybridized carbons (Fsp3) is 0.143. The Balaban J connectivity index is 2.19. The quantitative estimate of drug-likeness (QED) is 0.724. The first kappa shape index (κ1) is 7.70. The van der Waals surface area contributed by atoms with E-state index in [-0.39, 0.29) is 0 Å². The van der Waals surface area contributed by atoms with E-state index in [4.69, 9.17) is 12.2 Å². The molecule has 12 heavy (non-hydrogen) atoms. The van der Waals surface area contributed by atoms with Crippen molar-refractivity contribution < 1.29 is 0 Å². The van der Waals surface area contributed by atoms with Crippen molar-refractivity contribution in [1.82, 2.24) is 15.2 Å². The monoisotopic (exact) mass is 197 g/mol. The summed E-state index contributed by atoms with van der Waals surface area (Å²) in [4.78, 5) is 5.38. The normalized spacial score (nSPS) is 10.3. The van der Waals surface area contributed by atoms with E-state index in [1.807, 2.05) is 6.07 Å². The molecule has 0 aliphatic carbocycles. The lowest BCUT2D eigenvalue weighted by molar-refractivity contribution is 0.982. The van der Waals surface area contributed by atoms with Crippen molar-refractivity contribution >= 4 is 23.6 Å². The van der Waals surface area contributed by atoms with E-state index >= 15 is 0 Å². The lowest BCUT2D eigenvalue weighted by Crippen LogP contribution is -1.86. The van der Waals surface area contributed by atoms with Crippen molar-refractivity contribution in [3.63, 3.8) is 0 Å². The molecule has 0 radical (unpaired) electrons. The summed E-state index contributed by atoms with van der Waals surface area (Å²) in [6.07, 6.45) is 0.824. The van der Waals surface area contributed by atoms with Gasteiger partial charge in [0.15, 0.2) is 0 Å². The van der Waals surface area contributed by atoms with Gasteiger partial charge in [0.25, 0.3) is 0 Å². The first-order chi connectivity index (χ1) is 5.84. The Bertz CT molecular complexity index is 398. The van der Waals surface area contributed by atoms with Crippen LogP contribution in [-0.4, -0.2) is 15.2 Å². The molecule has 2 aromatic rings. The minimum absolute atomic E-state index is 0.515. The standard InChI is InChI=1S/C7H7N3S2/c11-7-8-6(9-10-7)4-5-2-1-3-12-5/h1-3H,4H2,(H2,8,9,10,11). The Labute approximate surface area is 78.5 Å². The highest BCUT2D eigenvalue weighted by Crippen LogP contribution is 2.11. The number of thiophene rings is 1. The van der Waals surface area contributed by atoms with Crippen LogP contribution in [0.25, 0.3) is 0 Å². The molecule has 0 amide bonds. The predicted molar refractivity (Wildman–Crippen MR) is 50.9 cm³/mol. The summed E-state index contributed by atoms with van der Waals surface area (Å²) >= 11 is 6.55. The van der Waals surface area contributed by atoms with Gasteiger partial charge in [-0.3, -0.25) is 10.2 Å². The van der Waals surface area contributed by atoms with E-state index in [9.17, 15) is 0 Å². The summed E-state index contributed by atoms with van der Waals surface area (Å²) in [5.41, 5.74) is 0. The van der Waals surface area contributed by atoms with Gasteiger partial charge in [-0.15, -0.1) is 11.3 Å². The van der Waals surface area contributed by atoms with Crippen LogP contribution in [0.3, 0.4) is 0 Å². The molecule has 0 spiro atoms. The third-order valence-electron chi connectivity index (χ3n) is 1.47. The Morgan fingerprint density at radius 1 is 1.50 bits per heavy atom. The van der Waals surface area contributed by atoms with E-state index in [1.54, 1.807) is 11.3 Å². The molecule has 0 fully saturated rings. The molecule has 2 heterocycles. The molecule has 0 unspecified atom stereocenters. The molecule has 62 valence electrons. The fourth-order valence-electron chi connectivity index (χ4n) is 0.966. The molecular formula is C7H7N3S2. The molecule has 0 aliphatic heterocycles. The zero-order valence-electron chi connectivity index (χ0n) is 6.20. The van der Waals surface area contributed by atoms with E-state index < -0.39 is 0 Å². The second-order valence-electron chi connectivity index (χ2n) is 2.37. The van der Waals surface area contributed by atoms with Crippen LogP contribution in [0.5, 0.6) is 0 Å². The number of nitrogens with zero attached hydrogens (tertiary/aromatic N) is 1. The first-order valence-electron chi connectivity index (χ1n) is 3.50. The smallest absolute Gasteiger partial charge is 0.213 e. The van der Waals surface area contributed by atoms with Crippen molar-refractivity contribution in [2.45, 2.75) is 6.42 Å². The van der Waals surface area contributed by atoms with Gasteiger partial charge in [-0.1, -0.05) is 6.07 Å². The Hall–Kier alpha value is -0.940. The van der Waals surface area contributed by atoms with Crippen molar-refractivity contribution in [1.29, 1.82) is 0 Å². The molecule has 0 saturated carbocycles. The number of rotatable bonds is 2. The van der Waals surface area contributed by atoms with Crippen molar-refractivity contribution in [3.8, 4) is 0 Å². The summed E-state index contributed by atoms with van der Waals surface area (Å²) < 4.78 is 0.515. The van der Waals surface area contributed by atoms with Crippen LogP contribution in [0.2, 0.25) is 0 Å². The van der Waals surface area contributed by atoms with Gasteiger partial charge in [0.05, 0.1) is 0 Å². The number of hydrogen-bond acceptors (Lipinski definition) is 3. The molecule has 2 rings (SSSR count). The summed E-state index contributed by atoms with van der Waals surface area (Å²) in [5.74, 6) is 0.891. The maximum atomic E-state index is 4.83. The predicted octanol–water partition coefficient (Wildman–Crippen LogP) is 2.12. The van der Waals surface area contributed by atoms with E-state index in [0.29, 0.717) is 4.77 Å². The van der Waals surface area contributed by atoms with E-state index in [2.05, 4.69) is 26.6 Å². The molecule has 0 aliphatic rings. The lowest BCUT2D eigenvalue weighted by atomic mass is 10.3. The van der Waals surface area contributed by atoms with E-state index in [0.717, 1.165) is 12.2 Å². The topological polar surface area (TPSA) is 44.5 Å². The average molecular weight is 197 g/mol. The number of aromatic nitrogens is 3. The summed E-state index contributed by atoms with van der Waals surface area (Å²) in [5, 5.41) is 7.73. The van der Waals surface area contributed by atoms with Gasteiger partial charge in [0.1, 0.15) is 5.82 Å². The SMILES string of the molecule is S=c1nc(Cc2cccs2)[nH][nH]1. The highest BCUT2D eigenvalue weighted by Gasteiger charge is 1.98. The molecular weight excluding hydrogens is 190 g/mol. The maximum Gasteiger partial charge on any atom is 0.213 e. The Morgan fingerprint density at radius 2 is 2.42 bits per heavy atom. The molecule has 0 atom stereocenters. The fourth-order valence-corrected chi connectivity index (χ4v) is 1.84. The third kappa shape index (κ3) is 1.62. The molecule has 0 bridgehead atoms. The molecule has 3 nitrogen and oxygen atoms in total. The van der Waals surface area contributed by atoms with Gasteiger partial charge >= 0.3 is 0 Å². The van der Waals surface area contributed by atoms with Crippen LogP contribution in [0, 0.1) is 4.77 Å². The van der Waals surface area contributed by atoms with Crippen molar-refractivity contribution in [3.05, 3.63) is 33.0 Å². The number of H-pyrrole nitrogens is 2. The minimum Gasteiger partial charge on any atom is -0.285 e. The lowest BCUT2D eigenvalue weighted by Gasteiger charge is -1.89. The van der Waals surface area contributed by atoms with Crippen LogP contribution in [0.4, 0.5) is 0 Å². The largest absolute Gasteiger partial charge is 0.285 e. The van der Waals surface area contributed by atoms with Gasteiger partial charge in [0.2, 0.25) is 4.77 Å². The second-order valence-corrected chi connectivity index (χ2v) is 3.79. The van der Waals surface area contributed by atoms with E-state index in [1.165, 1.54) is 4.88 Å². The molecule has 0 aromatic carbocycles.